The van der Waals surface area contributed by atoms with Crippen molar-refractivity contribution in [1.29, 1.82) is 0 Å². The minimum atomic E-state index is -0.193. The summed E-state index contributed by atoms with van der Waals surface area (Å²) in [6.45, 7) is 3.16. The topological polar surface area (TPSA) is 55.4 Å². The standard InChI is InChI=1S/C20H37NO3/c1-2-3-4-5-6-7-8-12-17-24-19(22)15-16-21-20(23)18-13-10-9-11-14-18/h18H,2-17H2,1H3,(H,21,23). The lowest BCUT2D eigenvalue weighted by Gasteiger charge is -2.20. The van der Waals surface area contributed by atoms with Crippen molar-refractivity contribution in [2.75, 3.05) is 13.2 Å². The van der Waals surface area contributed by atoms with Gasteiger partial charge in [-0.15, -0.1) is 0 Å². The molecule has 140 valence electrons. The van der Waals surface area contributed by atoms with Gasteiger partial charge in [0.1, 0.15) is 0 Å². The predicted molar refractivity (Wildman–Crippen MR) is 97.8 cm³/mol. The van der Waals surface area contributed by atoms with Crippen molar-refractivity contribution in [3.63, 3.8) is 0 Å². The van der Waals surface area contributed by atoms with Crippen LogP contribution in [-0.2, 0) is 14.3 Å². The number of amides is 1. The SMILES string of the molecule is CCCCCCCCCCOC(=O)CCNC(=O)C1CCCCC1. The molecule has 0 aromatic carbocycles. The Kier molecular flexibility index (Phi) is 12.5. The number of hydrogen-bond donors (Lipinski definition) is 1. The zero-order chi connectivity index (χ0) is 17.5. The van der Waals surface area contributed by atoms with Gasteiger partial charge in [0.05, 0.1) is 13.0 Å². The van der Waals surface area contributed by atoms with E-state index >= 15 is 0 Å². The van der Waals surface area contributed by atoms with E-state index in [0.29, 0.717) is 13.2 Å². The molecule has 0 aromatic rings. The largest absolute Gasteiger partial charge is 0.466 e. The lowest BCUT2D eigenvalue weighted by atomic mass is 9.89. The van der Waals surface area contributed by atoms with Crippen LogP contribution in [0.2, 0.25) is 0 Å². The maximum atomic E-state index is 11.9. The van der Waals surface area contributed by atoms with Crippen molar-refractivity contribution in [2.45, 2.75) is 96.8 Å². The zero-order valence-corrected chi connectivity index (χ0v) is 15.6. The lowest BCUT2D eigenvalue weighted by molar-refractivity contribution is -0.143. The lowest BCUT2D eigenvalue weighted by Crippen LogP contribution is -2.33. The van der Waals surface area contributed by atoms with Gasteiger partial charge in [0.25, 0.3) is 0 Å². The van der Waals surface area contributed by atoms with E-state index in [4.69, 9.17) is 4.74 Å². The molecule has 1 aliphatic rings. The summed E-state index contributed by atoms with van der Waals surface area (Å²) in [7, 11) is 0. The van der Waals surface area contributed by atoms with Crippen LogP contribution < -0.4 is 5.32 Å². The number of hydrogen-bond acceptors (Lipinski definition) is 3. The molecule has 0 heterocycles. The van der Waals surface area contributed by atoms with Gasteiger partial charge in [0, 0.05) is 12.5 Å². The van der Waals surface area contributed by atoms with E-state index in [9.17, 15) is 9.59 Å². The molecular weight excluding hydrogens is 302 g/mol. The molecule has 1 fully saturated rings. The second-order valence-electron chi connectivity index (χ2n) is 7.07. The quantitative estimate of drug-likeness (QED) is 0.389. The van der Waals surface area contributed by atoms with Gasteiger partial charge in [-0.3, -0.25) is 9.59 Å². The first kappa shape index (κ1) is 21.0. The van der Waals surface area contributed by atoms with Gasteiger partial charge in [0.15, 0.2) is 0 Å². The molecule has 1 rings (SSSR count). The molecule has 4 heteroatoms. The summed E-state index contributed by atoms with van der Waals surface area (Å²) < 4.78 is 5.22. The fraction of sp³-hybridized carbons (Fsp3) is 0.900. The third-order valence-electron chi connectivity index (χ3n) is 4.87. The summed E-state index contributed by atoms with van der Waals surface area (Å²) in [6.07, 6.45) is 15.7. The van der Waals surface area contributed by atoms with E-state index in [-0.39, 0.29) is 24.2 Å². The number of esters is 1. The fourth-order valence-corrected chi connectivity index (χ4v) is 3.29. The van der Waals surface area contributed by atoms with E-state index in [0.717, 1.165) is 38.5 Å². The maximum absolute atomic E-state index is 11.9. The molecule has 0 saturated heterocycles. The highest BCUT2D eigenvalue weighted by molar-refractivity contribution is 5.79. The molecule has 0 unspecified atom stereocenters. The number of rotatable bonds is 13. The molecule has 1 saturated carbocycles. The van der Waals surface area contributed by atoms with E-state index in [2.05, 4.69) is 12.2 Å². The van der Waals surface area contributed by atoms with Crippen molar-refractivity contribution < 1.29 is 14.3 Å². The molecule has 24 heavy (non-hydrogen) atoms. The van der Waals surface area contributed by atoms with Crippen molar-refractivity contribution >= 4 is 11.9 Å². The fourth-order valence-electron chi connectivity index (χ4n) is 3.29. The molecule has 0 aromatic heterocycles. The smallest absolute Gasteiger partial charge is 0.307 e. The van der Waals surface area contributed by atoms with Crippen LogP contribution in [-0.4, -0.2) is 25.0 Å². The second kappa shape index (κ2) is 14.3. The Morgan fingerprint density at radius 2 is 1.54 bits per heavy atom. The average Bonchev–Trinajstić information content (AvgIpc) is 2.61. The zero-order valence-electron chi connectivity index (χ0n) is 15.6. The van der Waals surface area contributed by atoms with Crippen molar-refractivity contribution in [3.8, 4) is 0 Å². The third-order valence-corrected chi connectivity index (χ3v) is 4.87. The summed E-state index contributed by atoms with van der Waals surface area (Å²) in [5, 5.41) is 2.88. The van der Waals surface area contributed by atoms with Crippen LogP contribution >= 0.6 is 0 Å². The van der Waals surface area contributed by atoms with Crippen molar-refractivity contribution in [2.24, 2.45) is 5.92 Å². The first-order chi connectivity index (χ1) is 11.7. The van der Waals surface area contributed by atoms with Gasteiger partial charge in [-0.1, -0.05) is 71.1 Å². The Morgan fingerprint density at radius 1 is 0.917 bits per heavy atom. The van der Waals surface area contributed by atoms with Crippen LogP contribution in [0.25, 0.3) is 0 Å². The van der Waals surface area contributed by atoms with Gasteiger partial charge in [0.2, 0.25) is 5.91 Å². The van der Waals surface area contributed by atoms with Gasteiger partial charge in [-0.25, -0.2) is 0 Å². The molecule has 4 nitrogen and oxygen atoms in total. The van der Waals surface area contributed by atoms with Crippen LogP contribution in [0.1, 0.15) is 96.8 Å². The normalized spacial score (nSPS) is 15.2. The Labute approximate surface area is 148 Å². The number of ether oxygens (including phenoxy) is 1. The highest BCUT2D eigenvalue weighted by Gasteiger charge is 2.20. The van der Waals surface area contributed by atoms with Gasteiger partial charge in [-0.2, -0.15) is 0 Å². The maximum Gasteiger partial charge on any atom is 0.307 e. The monoisotopic (exact) mass is 339 g/mol. The van der Waals surface area contributed by atoms with Gasteiger partial charge in [-0.05, 0) is 19.3 Å². The number of unbranched alkanes of at least 4 members (excludes halogenated alkanes) is 7. The number of nitrogens with one attached hydrogen (secondary N) is 1. The molecule has 0 aliphatic heterocycles. The Balaban J connectivity index is 1.88. The summed E-state index contributed by atoms with van der Waals surface area (Å²) >= 11 is 0. The molecule has 1 N–H and O–H groups in total. The second-order valence-corrected chi connectivity index (χ2v) is 7.07. The van der Waals surface area contributed by atoms with Crippen molar-refractivity contribution in [3.05, 3.63) is 0 Å². The first-order valence-electron chi connectivity index (χ1n) is 10.2. The third kappa shape index (κ3) is 10.7. The first-order valence-corrected chi connectivity index (χ1v) is 10.2. The van der Waals surface area contributed by atoms with Crippen molar-refractivity contribution in [1.82, 2.24) is 5.32 Å². The molecule has 0 radical (unpaired) electrons. The van der Waals surface area contributed by atoms with Gasteiger partial charge < -0.3 is 10.1 Å². The summed E-state index contributed by atoms with van der Waals surface area (Å²) in [4.78, 5) is 23.6. The van der Waals surface area contributed by atoms with Crippen LogP contribution in [0, 0.1) is 5.92 Å². The summed E-state index contributed by atoms with van der Waals surface area (Å²) in [6, 6.07) is 0. The molecule has 0 atom stereocenters. The molecular formula is C20H37NO3. The van der Waals surface area contributed by atoms with E-state index in [1.165, 1.54) is 44.9 Å². The van der Waals surface area contributed by atoms with E-state index in [1.54, 1.807) is 0 Å². The summed E-state index contributed by atoms with van der Waals surface area (Å²) in [5.74, 6) is 0.0829. The minimum absolute atomic E-state index is 0.116. The number of carbonyl (C=O) groups is 2. The van der Waals surface area contributed by atoms with Crippen LogP contribution in [0.15, 0.2) is 0 Å². The number of carbonyl (C=O) groups excluding carboxylic acids is 2. The van der Waals surface area contributed by atoms with Gasteiger partial charge >= 0.3 is 5.97 Å². The van der Waals surface area contributed by atoms with Crippen LogP contribution in [0.4, 0.5) is 0 Å². The Hall–Kier alpha value is -1.06. The highest BCUT2D eigenvalue weighted by Crippen LogP contribution is 2.23. The predicted octanol–water partition coefficient (Wildman–Crippen LogP) is 4.76. The van der Waals surface area contributed by atoms with Crippen LogP contribution in [0.5, 0.6) is 0 Å². The van der Waals surface area contributed by atoms with E-state index < -0.39 is 0 Å². The highest BCUT2D eigenvalue weighted by atomic mass is 16.5. The summed E-state index contributed by atoms with van der Waals surface area (Å²) in [5.41, 5.74) is 0. The molecule has 0 bridgehead atoms. The Bertz CT molecular complexity index is 338. The average molecular weight is 340 g/mol. The molecule has 0 spiro atoms. The minimum Gasteiger partial charge on any atom is -0.466 e. The molecule has 1 aliphatic carbocycles. The molecule has 1 amide bonds. The van der Waals surface area contributed by atoms with E-state index in [1.807, 2.05) is 0 Å². The van der Waals surface area contributed by atoms with Crippen LogP contribution in [0.3, 0.4) is 0 Å². The Morgan fingerprint density at radius 3 is 2.21 bits per heavy atom.